The Labute approximate surface area is 114 Å². The number of rotatable bonds is 5. The van der Waals surface area contributed by atoms with E-state index in [1.165, 1.54) is 35.8 Å². The SMILES string of the molecule is CC(C)N1CCCC(c2ncc(CCCN)s2)C1. The van der Waals surface area contributed by atoms with Gasteiger partial charge in [0.1, 0.15) is 0 Å². The van der Waals surface area contributed by atoms with Gasteiger partial charge in [-0.05, 0) is 52.6 Å². The molecule has 1 fully saturated rings. The zero-order valence-corrected chi connectivity index (χ0v) is 12.4. The Morgan fingerprint density at radius 2 is 2.39 bits per heavy atom. The molecule has 102 valence electrons. The van der Waals surface area contributed by atoms with E-state index in [0.29, 0.717) is 12.0 Å². The molecular formula is C14H25N3S. The Bertz CT molecular complexity index is 362. The molecule has 1 saturated heterocycles. The van der Waals surface area contributed by atoms with E-state index in [4.69, 9.17) is 5.73 Å². The lowest BCUT2D eigenvalue weighted by atomic mass is 9.98. The number of aryl methyl sites for hydroxylation is 1. The van der Waals surface area contributed by atoms with Gasteiger partial charge in [-0.25, -0.2) is 4.98 Å². The monoisotopic (exact) mass is 267 g/mol. The van der Waals surface area contributed by atoms with Gasteiger partial charge in [0.2, 0.25) is 0 Å². The van der Waals surface area contributed by atoms with Crippen LogP contribution in [0.1, 0.15) is 48.9 Å². The summed E-state index contributed by atoms with van der Waals surface area (Å²) in [6.07, 6.45) is 6.83. The second-order valence-electron chi connectivity index (χ2n) is 5.48. The van der Waals surface area contributed by atoms with Crippen molar-refractivity contribution in [2.75, 3.05) is 19.6 Å². The molecule has 3 nitrogen and oxygen atoms in total. The van der Waals surface area contributed by atoms with Gasteiger partial charge in [-0.1, -0.05) is 0 Å². The van der Waals surface area contributed by atoms with Gasteiger partial charge in [0, 0.05) is 29.6 Å². The lowest BCUT2D eigenvalue weighted by Gasteiger charge is -2.34. The highest BCUT2D eigenvalue weighted by molar-refractivity contribution is 7.11. The van der Waals surface area contributed by atoms with Crippen LogP contribution < -0.4 is 5.73 Å². The molecule has 2 N–H and O–H groups in total. The molecule has 0 amide bonds. The minimum absolute atomic E-state index is 0.651. The van der Waals surface area contributed by atoms with Crippen LogP contribution in [0.2, 0.25) is 0 Å². The number of aromatic nitrogens is 1. The van der Waals surface area contributed by atoms with Crippen LogP contribution in [0.15, 0.2) is 6.20 Å². The average molecular weight is 267 g/mol. The first-order valence-electron chi connectivity index (χ1n) is 7.09. The molecule has 4 heteroatoms. The van der Waals surface area contributed by atoms with Crippen LogP contribution in [0.25, 0.3) is 0 Å². The molecule has 1 aliphatic heterocycles. The minimum Gasteiger partial charge on any atom is -0.330 e. The normalized spacial score (nSPS) is 21.7. The van der Waals surface area contributed by atoms with Crippen molar-refractivity contribution in [2.45, 2.75) is 51.5 Å². The van der Waals surface area contributed by atoms with Crippen LogP contribution in [0.5, 0.6) is 0 Å². The predicted molar refractivity (Wildman–Crippen MR) is 78.2 cm³/mol. The first-order valence-corrected chi connectivity index (χ1v) is 7.91. The number of hydrogen-bond acceptors (Lipinski definition) is 4. The summed E-state index contributed by atoms with van der Waals surface area (Å²) in [6, 6.07) is 0.657. The van der Waals surface area contributed by atoms with Crippen LogP contribution in [0.3, 0.4) is 0 Å². The van der Waals surface area contributed by atoms with Crippen molar-refractivity contribution in [1.29, 1.82) is 0 Å². The molecule has 1 unspecified atom stereocenters. The lowest BCUT2D eigenvalue weighted by molar-refractivity contribution is 0.167. The van der Waals surface area contributed by atoms with E-state index < -0.39 is 0 Å². The van der Waals surface area contributed by atoms with Crippen molar-refractivity contribution in [3.63, 3.8) is 0 Å². The smallest absolute Gasteiger partial charge is 0.0971 e. The van der Waals surface area contributed by atoms with E-state index in [-0.39, 0.29) is 0 Å². The van der Waals surface area contributed by atoms with Crippen molar-refractivity contribution < 1.29 is 0 Å². The summed E-state index contributed by atoms with van der Waals surface area (Å²) in [5.41, 5.74) is 5.56. The quantitative estimate of drug-likeness (QED) is 0.891. The zero-order chi connectivity index (χ0) is 13.0. The molecule has 1 aromatic rings. The van der Waals surface area contributed by atoms with Crippen molar-refractivity contribution in [3.8, 4) is 0 Å². The van der Waals surface area contributed by atoms with E-state index in [1.807, 2.05) is 11.3 Å². The second kappa shape index (κ2) is 6.64. The van der Waals surface area contributed by atoms with Gasteiger partial charge < -0.3 is 10.6 Å². The molecule has 2 heterocycles. The summed E-state index contributed by atoms with van der Waals surface area (Å²) >= 11 is 1.90. The summed E-state index contributed by atoms with van der Waals surface area (Å²) in [5.74, 6) is 0.651. The molecule has 0 saturated carbocycles. The first kappa shape index (κ1) is 14.0. The van der Waals surface area contributed by atoms with E-state index in [1.54, 1.807) is 0 Å². The fourth-order valence-corrected chi connectivity index (χ4v) is 3.67. The molecule has 0 aliphatic carbocycles. The Balaban J connectivity index is 1.95. The van der Waals surface area contributed by atoms with Gasteiger partial charge in [0.25, 0.3) is 0 Å². The van der Waals surface area contributed by atoms with Crippen molar-refractivity contribution in [2.24, 2.45) is 5.73 Å². The van der Waals surface area contributed by atoms with Gasteiger partial charge in [-0.2, -0.15) is 0 Å². The van der Waals surface area contributed by atoms with Crippen LogP contribution in [0.4, 0.5) is 0 Å². The third-order valence-electron chi connectivity index (χ3n) is 3.73. The van der Waals surface area contributed by atoms with Gasteiger partial charge in [-0.3, -0.25) is 0 Å². The van der Waals surface area contributed by atoms with Crippen molar-refractivity contribution >= 4 is 11.3 Å². The zero-order valence-electron chi connectivity index (χ0n) is 11.6. The van der Waals surface area contributed by atoms with Crippen molar-refractivity contribution in [1.82, 2.24) is 9.88 Å². The summed E-state index contributed by atoms with van der Waals surface area (Å²) < 4.78 is 0. The molecule has 18 heavy (non-hydrogen) atoms. The van der Waals surface area contributed by atoms with Crippen molar-refractivity contribution in [3.05, 3.63) is 16.1 Å². The summed E-state index contributed by atoms with van der Waals surface area (Å²) in [7, 11) is 0. The Morgan fingerprint density at radius 3 is 3.11 bits per heavy atom. The summed E-state index contributed by atoms with van der Waals surface area (Å²) in [4.78, 5) is 8.62. The van der Waals surface area contributed by atoms with Crippen LogP contribution in [-0.4, -0.2) is 35.6 Å². The molecule has 1 atom stereocenters. The maximum absolute atomic E-state index is 5.56. The Kier molecular flexibility index (Phi) is 5.15. The number of hydrogen-bond donors (Lipinski definition) is 1. The van der Waals surface area contributed by atoms with Crippen LogP contribution >= 0.6 is 11.3 Å². The highest BCUT2D eigenvalue weighted by Gasteiger charge is 2.24. The number of nitrogens with two attached hydrogens (primary N) is 1. The summed E-state index contributed by atoms with van der Waals surface area (Å²) in [6.45, 7) is 7.78. The standard InChI is InChI=1S/C14H25N3S/c1-11(2)17-8-4-5-12(10-17)14-16-9-13(18-14)6-3-7-15/h9,11-12H,3-8,10,15H2,1-2H3. The Hall–Kier alpha value is -0.450. The predicted octanol–water partition coefficient (Wildman–Crippen LogP) is 2.62. The fraction of sp³-hybridized carbons (Fsp3) is 0.786. The maximum atomic E-state index is 5.56. The van der Waals surface area contributed by atoms with Crippen LogP contribution in [-0.2, 0) is 6.42 Å². The number of thiazole rings is 1. The molecule has 0 radical (unpaired) electrons. The highest BCUT2D eigenvalue weighted by atomic mass is 32.1. The van der Waals surface area contributed by atoms with Gasteiger partial charge in [0.05, 0.1) is 5.01 Å². The molecule has 0 bridgehead atoms. The number of piperidine rings is 1. The largest absolute Gasteiger partial charge is 0.330 e. The molecule has 0 aromatic carbocycles. The fourth-order valence-electron chi connectivity index (χ4n) is 2.58. The lowest BCUT2D eigenvalue weighted by Crippen LogP contribution is -2.39. The second-order valence-corrected chi connectivity index (χ2v) is 6.63. The van der Waals surface area contributed by atoms with E-state index >= 15 is 0 Å². The van der Waals surface area contributed by atoms with Gasteiger partial charge in [-0.15, -0.1) is 11.3 Å². The Morgan fingerprint density at radius 1 is 1.56 bits per heavy atom. The van der Waals surface area contributed by atoms with E-state index in [9.17, 15) is 0 Å². The number of nitrogens with zero attached hydrogens (tertiary/aromatic N) is 2. The third kappa shape index (κ3) is 3.53. The minimum atomic E-state index is 0.651. The summed E-state index contributed by atoms with van der Waals surface area (Å²) in [5, 5.41) is 1.34. The van der Waals surface area contributed by atoms with Gasteiger partial charge >= 0.3 is 0 Å². The molecule has 2 rings (SSSR count). The molecule has 1 aromatic heterocycles. The molecule has 1 aliphatic rings. The molecular weight excluding hydrogens is 242 g/mol. The topological polar surface area (TPSA) is 42.2 Å². The first-order chi connectivity index (χ1) is 8.70. The maximum Gasteiger partial charge on any atom is 0.0971 e. The third-order valence-corrected chi connectivity index (χ3v) is 4.95. The van der Waals surface area contributed by atoms with E-state index in [2.05, 4.69) is 29.9 Å². The van der Waals surface area contributed by atoms with E-state index in [0.717, 1.165) is 19.4 Å². The molecule has 0 spiro atoms. The van der Waals surface area contributed by atoms with Gasteiger partial charge in [0.15, 0.2) is 0 Å². The highest BCUT2D eigenvalue weighted by Crippen LogP contribution is 2.31. The average Bonchev–Trinajstić information content (AvgIpc) is 2.85. The van der Waals surface area contributed by atoms with Crippen LogP contribution in [0, 0.1) is 0 Å². The number of likely N-dealkylation sites (tertiary alicyclic amines) is 1.